The lowest BCUT2D eigenvalue weighted by Crippen LogP contribution is -2.45. The molecule has 1 aromatic heterocycles. The Bertz CT molecular complexity index is 1400. The van der Waals surface area contributed by atoms with Gasteiger partial charge in [-0.05, 0) is 67.7 Å². The number of carbonyl (C=O) groups excluding carboxylic acids is 1. The van der Waals surface area contributed by atoms with Crippen molar-refractivity contribution < 1.29 is 13.6 Å². The molecule has 1 amide bonds. The van der Waals surface area contributed by atoms with E-state index in [-0.39, 0.29) is 11.5 Å². The molecule has 1 aliphatic carbocycles. The van der Waals surface area contributed by atoms with E-state index in [4.69, 9.17) is 10.8 Å². The number of amides is 1. The van der Waals surface area contributed by atoms with Crippen molar-refractivity contribution in [3.8, 4) is 0 Å². The Kier molecular flexibility index (Phi) is 9.32. The van der Waals surface area contributed by atoms with Gasteiger partial charge in [-0.3, -0.25) is 14.5 Å². The molecular formula is C33H46F2N8O. The first-order valence-electron chi connectivity index (χ1n) is 16.2. The third-order valence-corrected chi connectivity index (χ3v) is 10.0. The highest BCUT2D eigenvalue weighted by atomic mass is 19.3. The summed E-state index contributed by atoms with van der Waals surface area (Å²) < 4.78 is 31.3. The van der Waals surface area contributed by atoms with Crippen LogP contribution in [0.2, 0.25) is 0 Å². The third-order valence-electron chi connectivity index (χ3n) is 10.0. The summed E-state index contributed by atoms with van der Waals surface area (Å²) in [5.74, 6) is 1.57. The van der Waals surface area contributed by atoms with Crippen LogP contribution in [-0.4, -0.2) is 84.6 Å². The van der Waals surface area contributed by atoms with Gasteiger partial charge in [-0.1, -0.05) is 0 Å². The van der Waals surface area contributed by atoms with Gasteiger partial charge in [0.1, 0.15) is 0 Å². The molecule has 238 valence electrons. The van der Waals surface area contributed by atoms with Crippen LogP contribution in [0.15, 0.2) is 23.3 Å². The van der Waals surface area contributed by atoms with E-state index >= 15 is 0 Å². The number of nitrogens with one attached hydrogen (secondary N) is 1. The van der Waals surface area contributed by atoms with Crippen LogP contribution < -0.4 is 16.0 Å². The maximum atomic E-state index is 14.5. The number of hydrogen-bond acceptors (Lipinski definition) is 7. The summed E-state index contributed by atoms with van der Waals surface area (Å²) >= 11 is 0. The Morgan fingerprint density at radius 2 is 1.91 bits per heavy atom. The minimum atomic E-state index is -2.67. The van der Waals surface area contributed by atoms with E-state index in [0.717, 1.165) is 80.9 Å². The van der Waals surface area contributed by atoms with Gasteiger partial charge in [0.25, 0.3) is 6.43 Å². The van der Waals surface area contributed by atoms with Gasteiger partial charge >= 0.3 is 0 Å². The van der Waals surface area contributed by atoms with Crippen molar-refractivity contribution in [2.24, 2.45) is 16.6 Å². The highest BCUT2D eigenvalue weighted by Gasteiger charge is 2.35. The average molecular weight is 609 g/mol. The van der Waals surface area contributed by atoms with E-state index in [1.807, 2.05) is 11.0 Å². The smallest absolute Gasteiger partial charge is 0.264 e. The fourth-order valence-corrected chi connectivity index (χ4v) is 7.69. The number of carbonyl (C=O) groups is 1. The van der Waals surface area contributed by atoms with Crippen LogP contribution in [-0.2, 0) is 24.2 Å². The zero-order valence-electron chi connectivity index (χ0n) is 26.1. The van der Waals surface area contributed by atoms with Gasteiger partial charge in [-0.25, -0.2) is 8.78 Å². The number of aryl methyl sites for hydroxylation is 1. The van der Waals surface area contributed by atoms with E-state index in [1.165, 1.54) is 37.5 Å². The third kappa shape index (κ3) is 6.13. The summed E-state index contributed by atoms with van der Waals surface area (Å²) in [5.41, 5.74) is 10.7. The molecule has 11 heteroatoms. The van der Waals surface area contributed by atoms with Gasteiger partial charge in [0.15, 0.2) is 5.82 Å². The number of rotatable bonds is 7. The maximum Gasteiger partial charge on any atom is 0.264 e. The molecule has 2 fully saturated rings. The van der Waals surface area contributed by atoms with Crippen LogP contribution in [0, 0.1) is 5.92 Å². The number of allylic oxidation sites excluding steroid dienone is 1. The van der Waals surface area contributed by atoms with Gasteiger partial charge in [0.2, 0.25) is 5.91 Å². The van der Waals surface area contributed by atoms with Crippen molar-refractivity contribution in [2.75, 3.05) is 57.8 Å². The molecule has 1 saturated carbocycles. The van der Waals surface area contributed by atoms with Crippen LogP contribution in [0.4, 0.5) is 20.3 Å². The Balaban J connectivity index is 1.33. The molecule has 0 unspecified atom stereocenters. The van der Waals surface area contributed by atoms with E-state index in [0.29, 0.717) is 42.7 Å². The van der Waals surface area contributed by atoms with Crippen molar-refractivity contribution in [1.29, 1.82) is 0 Å². The second kappa shape index (κ2) is 13.4. The fourth-order valence-electron chi connectivity index (χ4n) is 7.69. The molecule has 1 saturated heterocycles. The van der Waals surface area contributed by atoms with Gasteiger partial charge in [0, 0.05) is 107 Å². The van der Waals surface area contributed by atoms with Crippen LogP contribution in [0.5, 0.6) is 0 Å². The lowest BCUT2D eigenvalue weighted by molar-refractivity contribution is -0.129. The molecular weight excluding hydrogens is 562 g/mol. The van der Waals surface area contributed by atoms with E-state index in [9.17, 15) is 13.6 Å². The predicted molar refractivity (Wildman–Crippen MR) is 171 cm³/mol. The van der Waals surface area contributed by atoms with Crippen LogP contribution >= 0.6 is 0 Å². The van der Waals surface area contributed by atoms with E-state index in [2.05, 4.69) is 24.8 Å². The normalized spacial score (nSPS) is 23.3. The van der Waals surface area contributed by atoms with Crippen molar-refractivity contribution in [3.63, 3.8) is 0 Å². The summed E-state index contributed by atoms with van der Waals surface area (Å²) in [6.45, 7) is 9.06. The van der Waals surface area contributed by atoms with E-state index in [1.54, 1.807) is 20.0 Å². The summed E-state index contributed by atoms with van der Waals surface area (Å²) in [4.78, 5) is 23.1. The average Bonchev–Trinajstić information content (AvgIpc) is 3.42. The molecule has 0 atom stereocenters. The van der Waals surface area contributed by atoms with Gasteiger partial charge in [-0.2, -0.15) is 5.10 Å². The first-order valence-corrected chi connectivity index (χ1v) is 16.2. The summed E-state index contributed by atoms with van der Waals surface area (Å²) in [5, 5.41) is 8.74. The van der Waals surface area contributed by atoms with Crippen molar-refractivity contribution in [1.82, 2.24) is 24.9 Å². The number of benzene rings is 1. The van der Waals surface area contributed by atoms with Gasteiger partial charge in [0.05, 0.1) is 12.6 Å². The molecule has 6 rings (SSSR count). The van der Waals surface area contributed by atoms with Gasteiger partial charge < -0.3 is 25.8 Å². The molecule has 9 nitrogen and oxygen atoms in total. The molecule has 0 spiro atoms. The topological polar surface area (TPSA) is 95.0 Å². The first kappa shape index (κ1) is 30.7. The zero-order valence-corrected chi connectivity index (χ0v) is 26.1. The molecule has 0 radical (unpaired) electrons. The number of anilines is 2. The van der Waals surface area contributed by atoms with Crippen molar-refractivity contribution in [3.05, 3.63) is 46.3 Å². The SMILES string of the molecule is CN=C/C(=C\N)c1cc2c(cc1C(F)F)N(c1nn(C3CCC(CN4CCNCC4)CC3)c3c1CN(C(C)=O)CC3)CCC2. The molecule has 3 N–H and O–H groups in total. The Labute approximate surface area is 259 Å². The highest BCUT2D eigenvalue weighted by Crippen LogP contribution is 2.43. The molecule has 3 aliphatic heterocycles. The minimum absolute atomic E-state index is 0.0464. The standard InChI is InChI=1S/C33H46F2N8O/c1-22(44)41-13-9-30-29(21-41)33(39-43(30)26-7-5-23(6-8-26)20-40-14-10-38-11-15-40)42-12-3-4-24-16-27(25(18-36)19-37-2)28(32(34)35)17-31(24)42/h16-19,23,26,32,38H,3-15,20-21,36H2,1-2H3/b25-18+,37-19?. The summed E-state index contributed by atoms with van der Waals surface area (Å²) in [6, 6.07) is 3.79. The number of aromatic nitrogens is 2. The number of nitrogens with zero attached hydrogens (tertiary/aromatic N) is 6. The maximum absolute atomic E-state index is 14.5. The Morgan fingerprint density at radius 1 is 1.14 bits per heavy atom. The Hall–Kier alpha value is -3.31. The molecule has 4 aliphatic rings. The number of aliphatic imine (C=N–C) groups is 1. The molecule has 0 bridgehead atoms. The second-order valence-electron chi connectivity index (χ2n) is 12.7. The lowest BCUT2D eigenvalue weighted by Gasteiger charge is -2.35. The number of nitrogens with two attached hydrogens (primary N) is 1. The molecule has 1 aromatic carbocycles. The number of hydrogen-bond donors (Lipinski definition) is 2. The number of piperazine rings is 1. The minimum Gasteiger partial charge on any atom is -0.404 e. The summed E-state index contributed by atoms with van der Waals surface area (Å²) in [7, 11) is 1.61. The zero-order chi connectivity index (χ0) is 30.8. The fraction of sp³-hybridized carbons (Fsp3) is 0.606. The van der Waals surface area contributed by atoms with Gasteiger partial charge in [-0.15, -0.1) is 0 Å². The molecule has 44 heavy (non-hydrogen) atoms. The first-order chi connectivity index (χ1) is 21.4. The number of fused-ring (bicyclic) bond motifs is 2. The largest absolute Gasteiger partial charge is 0.404 e. The summed E-state index contributed by atoms with van der Waals surface area (Å²) in [6.07, 6.45) is 7.15. The number of alkyl halides is 2. The second-order valence-corrected chi connectivity index (χ2v) is 12.7. The van der Waals surface area contributed by atoms with Crippen LogP contribution in [0.25, 0.3) is 5.57 Å². The van der Waals surface area contributed by atoms with Crippen LogP contribution in [0.1, 0.15) is 79.4 Å². The predicted octanol–water partition coefficient (Wildman–Crippen LogP) is 4.45. The lowest BCUT2D eigenvalue weighted by atomic mass is 9.85. The van der Waals surface area contributed by atoms with Crippen molar-refractivity contribution in [2.45, 2.75) is 70.9 Å². The number of halogens is 2. The Morgan fingerprint density at radius 3 is 2.59 bits per heavy atom. The monoisotopic (exact) mass is 608 g/mol. The highest BCUT2D eigenvalue weighted by molar-refractivity contribution is 6.10. The molecule has 4 heterocycles. The van der Waals surface area contributed by atoms with Crippen molar-refractivity contribution >= 4 is 29.2 Å². The molecule has 2 aromatic rings. The quantitative estimate of drug-likeness (QED) is 0.452. The van der Waals surface area contributed by atoms with E-state index < -0.39 is 6.43 Å². The van der Waals surface area contributed by atoms with Crippen LogP contribution in [0.3, 0.4) is 0 Å².